The molecule has 2 aromatic rings. The van der Waals surface area contributed by atoms with E-state index in [1.165, 1.54) is 6.07 Å². The highest BCUT2D eigenvalue weighted by atomic mass is 19.1. The molecule has 0 saturated carbocycles. The summed E-state index contributed by atoms with van der Waals surface area (Å²) in [5, 5.41) is 11.1. The van der Waals surface area contributed by atoms with E-state index in [-0.39, 0.29) is 11.9 Å². The van der Waals surface area contributed by atoms with Crippen LogP contribution in [-0.2, 0) is 13.5 Å². The van der Waals surface area contributed by atoms with Crippen LogP contribution in [-0.4, -0.2) is 21.3 Å². The van der Waals surface area contributed by atoms with Crippen molar-refractivity contribution < 1.29 is 4.39 Å². The smallest absolute Gasteiger partial charge is 0.133 e. The van der Waals surface area contributed by atoms with Gasteiger partial charge in [-0.15, -0.1) is 10.2 Å². The number of aryl methyl sites for hydroxylation is 1. The molecule has 0 radical (unpaired) electrons. The van der Waals surface area contributed by atoms with Crippen LogP contribution in [0.15, 0.2) is 30.6 Å². The number of halogens is 1. The Hall–Kier alpha value is -1.75. The molecule has 0 fully saturated rings. The zero-order chi connectivity index (χ0) is 13.0. The van der Waals surface area contributed by atoms with Crippen molar-refractivity contribution >= 4 is 0 Å². The molecule has 0 spiro atoms. The standard InChI is InChI=1S/C13H17FN4/c1-10(11-5-3-4-6-12(11)14)15-8-7-13-17-16-9-18(13)2/h3-6,9-10,15H,7-8H2,1-2H3. The van der Waals surface area contributed by atoms with Crippen molar-refractivity contribution in [2.45, 2.75) is 19.4 Å². The van der Waals surface area contributed by atoms with Gasteiger partial charge in [0.2, 0.25) is 0 Å². The normalized spacial score (nSPS) is 12.6. The topological polar surface area (TPSA) is 42.7 Å². The minimum absolute atomic E-state index is 0.0144. The first-order valence-electron chi connectivity index (χ1n) is 5.99. The van der Waals surface area contributed by atoms with Gasteiger partial charge in [-0.1, -0.05) is 18.2 Å². The maximum atomic E-state index is 13.5. The van der Waals surface area contributed by atoms with Crippen molar-refractivity contribution in [3.63, 3.8) is 0 Å². The lowest BCUT2D eigenvalue weighted by Gasteiger charge is -2.14. The second-order valence-corrected chi connectivity index (χ2v) is 4.31. The molecular formula is C13H17FN4. The molecule has 2 rings (SSSR count). The van der Waals surface area contributed by atoms with Crippen LogP contribution in [0, 0.1) is 5.82 Å². The van der Waals surface area contributed by atoms with Crippen LogP contribution in [0.3, 0.4) is 0 Å². The number of rotatable bonds is 5. The molecule has 0 amide bonds. The molecule has 1 atom stereocenters. The van der Waals surface area contributed by atoms with E-state index < -0.39 is 0 Å². The van der Waals surface area contributed by atoms with Crippen LogP contribution in [0.1, 0.15) is 24.4 Å². The minimum atomic E-state index is -0.170. The second-order valence-electron chi connectivity index (χ2n) is 4.31. The molecule has 1 unspecified atom stereocenters. The van der Waals surface area contributed by atoms with E-state index in [1.807, 2.05) is 24.6 Å². The fourth-order valence-corrected chi connectivity index (χ4v) is 1.87. The van der Waals surface area contributed by atoms with Crippen molar-refractivity contribution in [2.24, 2.45) is 7.05 Å². The van der Waals surface area contributed by atoms with Crippen molar-refractivity contribution in [1.82, 2.24) is 20.1 Å². The predicted octanol–water partition coefficient (Wildman–Crippen LogP) is 1.85. The zero-order valence-electron chi connectivity index (χ0n) is 10.6. The van der Waals surface area contributed by atoms with Crippen LogP contribution in [0.4, 0.5) is 4.39 Å². The highest BCUT2D eigenvalue weighted by molar-refractivity contribution is 5.20. The zero-order valence-corrected chi connectivity index (χ0v) is 10.6. The monoisotopic (exact) mass is 248 g/mol. The van der Waals surface area contributed by atoms with E-state index in [0.29, 0.717) is 5.56 Å². The SMILES string of the molecule is CC(NCCc1nncn1C)c1ccccc1F. The van der Waals surface area contributed by atoms with Gasteiger partial charge in [0.05, 0.1) is 0 Å². The number of nitrogens with zero attached hydrogens (tertiary/aromatic N) is 3. The van der Waals surface area contributed by atoms with Gasteiger partial charge in [0, 0.05) is 31.6 Å². The molecule has 96 valence electrons. The Morgan fingerprint density at radius 2 is 2.17 bits per heavy atom. The van der Waals surface area contributed by atoms with E-state index in [1.54, 1.807) is 18.5 Å². The van der Waals surface area contributed by atoms with Crippen LogP contribution >= 0.6 is 0 Å². The van der Waals surface area contributed by atoms with Crippen molar-refractivity contribution in [3.05, 3.63) is 47.8 Å². The van der Waals surface area contributed by atoms with Crippen LogP contribution in [0.5, 0.6) is 0 Å². The third-order valence-corrected chi connectivity index (χ3v) is 2.98. The second kappa shape index (κ2) is 5.73. The maximum Gasteiger partial charge on any atom is 0.133 e. The Morgan fingerprint density at radius 1 is 1.39 bits per heavy atom. The number of hydrogen-bond donors (Lipinski definition) is 1. The molecule has 0 aliphatic rings. The lowest BCUT2D eigenvalue weighted by molar-refractivity contribution is 0.525. The van der Waals surface area contributed by atoms with E-state index in [9.17, 15) is 4.39 Å². The molecule has 1 aromatic carbocycles. The molecular weight excluding hydrogens is 231 g/mol. The van der Waals surface area contributed by atoms with Gasteiger partial charge in [-0.3, -0.25) is 0 Å². The number of benzene rings is 1. The molecule has 0 saturated heterocycles. The van der Waals surface area contributed by atoms with E-state index >= 15 is 0 Å². The van der Waals surface area contributed by atoms with Gasteiger partial charge >= 0.3 is 0 Å². The summed E-state index contributed by atoms with van der Waals surface area (Å²) in [6, 6.07) is 6.81. The Bertz CT molecular complexity index is 509. The lowest BCUT2D eigenvalue weighted by atomic mass is 10.1. The third kappa shape index (κ3) is 2.92. The average molecular weight is 248 g/mol. The Labute approximate surface area is 106 Å². The first kappa shape index (κ1) is 12.7. The maximum absolute atomic E-state index is 13.5. The van der Waals surface area contributed by atoms with Crippen LogP contribution < -0.4 is 5.32 Å². The quantitative estimate of drug-likeness (QED) is 0.878. The summed E-state index contributed by atoms with van der Waals surface area (Å²) in [6.07, 6.45) is 2.45. The Balaban J connectivity index is 1.87. The van der Waals surface area contributed by atoms with Crippen LogP contribution in [0.2, 0.25) is 0 Å². The van der Waals surface area contributed by atoms with Gasteiger partial charge in [0.15, 0.2) is 0 Å². The molecule has 1 heterocycles. The highest BCUT2D eigenvalue weighted by Crippen LogP contribution is 2.15. The number of hydrogen-bond acceptors (Lipinski definition) is 3. The lowest BCUT2D eigenvalue weighted by Crippen LogP contribution is -2.23. The van der Waals surface area contributed by atoms with Crippen molar-refractivity contribution in [2.75, 3.05) is 6.54 Å². The minimum Gasteiger partial charge on any atom is -0.321 e. The largest absolute Gasteiger partial charge is 0.321 e. The van der Waals surface area contributed by atoms with Gasteiger partial charge < -0.3 is 9.88 Å². The van der Waals surface area contributed by atoms with Gasteiger partial charge in [-0.05, 0) is 13.0 Å². The highest BCUT2D eigenvalue weighted by Gasteiger charge is 2.09. The Morgan fingerprint density at radius 3 is 2.83 bits per heavy atom. The summed E-state index contributed by atoms with van der Waals surface area (Å²) < 4.78 is 15.4. The van der Waals surface area contributed by atoms with E-state index in [4.69, 9.17) is 0 Å². The number of aromatic nitrogens is 3. The van der Waals surface area contributed by atoms with Gasteiger partial charge in [0.25, 0.3) is 0 Å². The summed E-state index contributed by atoms with van der Waals surface area (Å²) in [7, 11) is 1.91. The van der Waals surface area contributed by atoms with Gasteiger partial charge in [-0.2, -0.15) is 0 Å². The molecule has 0 aliphatic heterocycles. The number of nitrogens with one attached hydrogen (secondary N) is 1. The first-order chi connectivity index (χ1) is 8.68. The molecule has 1 aromatic heterocycles. The predicted molar refractivity (Wildman–Crippen MR) is 67.5 cm³/mol. The van der Waals surface area contributed by atoms with E-state index in [0.717, 1.165) is 18.8 Å². The summed E-state index contributed by atoms with van der Waals surface area (Å²) in [5.41, 5.74) is 0.690. The fourth-order valence-electron chi connectivity index (χ4n) is 1.87. The molecule has 18 heavy (non-hydrogen) atoms. The van der Waals surface area contributed by atoms with Crippen molar-refractivity contribution in [3.8, 4) is 0 Å². The molecule has 0 bridgehead atoms. The third-order valence-electron chi connectivity index (χ3n) is 2.98. The Kier molecular flexibility index (Phi) is 4.04. The van der Waals surface area contributed by atoms with E-state index in [2.05, 4.69) is 15.5 Å². The van der Waals surface area contributed by atoms with Gasteiger partial charge in [0.1, 0.15) is 18.0 Å². The molecule has 1 N–H and O–H groups in total. The van der Waals surface area contributed by atoms with Crippen molar-refractivity contribution in [1.29, 1.82) is 0 Å². The summed E-state index contributed by atoms with van der Waals surface area (Å²) >= 11 is 0. The summed E-state index contributed by atoms with van der Waals surface area (Å²) in [5.74, 6) is 0.749. The molecule has 0 aliphatic carbocycles. The summed E-state index contributed by atoms with van der Waals surface area (Å²) in [6.45, 7) is 2.69. The first-order valence-corrected chi connectivity index (χ1v) is 5.99. The van der Waals surface area contributed by atoms with Gasteiger partial charge in [-0.25, -0.2) is 4.39 Å². The summed E-state index contributed by atoms with van der Waals surface area (Å²) in [4.78, 5) is 0. The molecule has 4 nitrogen and oxygen atoms in total. The average Bonchev–Trinajstić information content (AvgIpc) is 2.75. The van der Waals surface area contributed by atoms with Crippen LogP contribution in [0.25, 0.3) is 0 Å². The fraction of sp³-hybridized carbons (Fsp3) is 0.385. The molecule has 5 heteroatoms.